The molecule has 1 aromatic rings. The summed E-state index contributed by atoms with van der Waals surface area (Å²) in [4.78, 5) is 2.60. The van der Waals surface area contributed by atoms with Gasteiger partial charge in [-0.25, -0.2) is 0 Å². The van der Waals surface area contributed by atoms with E-state index in [0.29, 0.717) is 5.41 Å². The molecule has 2 aliphatic rings. The molecule has 3 N–H and O–H groups in total. The van der Waals surface area contributed by atoms with Crippen molar-refractivity contribution in [1.82, 2.24) is 10.2 Å². The lowest BCUT2D eigenvalue weighted by molar-refractivity contribution is 0.242. The second kappa shape index (κ2) is 6.43. The number of hydrogen-bond donors (Lipinski definition) is 2. The number of hydrogen-bond acceptors (Lipinski definition) is 3. The summed E-state index contributed by atoms with van der Waals surface area (Å²) in [5, 5.41) is 3.45. The van der Waals surface area contributed by atoms with E-state index in [-0.39, 0.29) is 0 Å². The first-order chi connectivity index (χ1) is 10.5. The Morgan fingerprint density at radius 3 is 2.50 bits per heavy atom. The number of nitrogens with zero attached hydrogens (tertiary/aromatic N) is 1. The van der Waals surface area contributed by atoms with Crippen LogP contribution in [0.5, 0.6) is 0 Å². The van der Waals surface area contributed by atoms with Crippen LogP contribution in [-0.4, -0.2) is 37.6 Å². The molecule has 1 aliphatic heterocycles. The van der Waals surface area contributed by atoms with Crippen LogP contribution < -0.4 is 11.1 Å². The van der Waals surface area contributed by atoms with Crippen molar-refractivity contribution in [2.45, 2.75) is 33.1 Å². The van der Waals surface area contributed by atoms with Gasteiger partial charge in [0, 0.05) is 38.4 Å². The quantitative estimate of drug-likeness (QED) is 0.843. The van der Waals surface area contributed by atoms with E-state index in [9.17, 15) is 0 Å². The highest BCUT2D eigenvalue weighted by Gasteiger charge is 2.28. The molecular weight excluding hydrogens is 270 g/mol. The van der Waals surface area contributed by atoms with E-state index in [1.54, 1.807) is 11.1 Å². The third kappa shape index (κ3) is 3.71. The third-order valence-corrected chi connectivity index (χ3v) is 5.05. The van der Waals surface area contributed by atoms with Gasteiger partial charge >= 0.3 is 0 Å². The van der Waals surface area contributed by atoms with E-state index >= 15 is 0 Å². The minimum absolute atomic E-state index is 0.431. The number of anilines is 1. The van der Waals surface area contributed by atoms with Crippen LogP contribution in [0.15, 0.2) is 29.8 Å². The van der Waals surface area contributed by atoms with Gasteiger partial charge < -0.3 is 11.1 Å². The normalized spacial score (nSPS) is 22.8. The van der Waals surface area contributed by atoms with Gasteiger partial charge in [0.2, 0.25) is 0 Å². The Bertz CT molecular complexity index is 536. The van der Waals surface area contributed by atoms with Crippen molar-refractivity contribution in [1.29, 1.82) is 0 Å². The van der Waals surface area contributed by atoms with E-state index in [1.807, 2.05) is 12.1 Å². The van der Waals surface area contributed by atoms with Crippen molar-refractivity contribution in [2.24, 2.45) is 5.41 Å². The lowest BCUT2D eigenvalue weighted by atomic mass is 9.72. The molecule has 0 saturated carbocycles. The van der Waals surface area contributed by atoms with Crippen LogP contribution in [0.4, 0.5) is 5.69 Å². The number of rotatable bonds is 3. The highest BCUT2D eigenvalue weighted by atomic mass is 15.2. The zero-order valence-electron chi connectivity index (χ0n) is 14.0. The van der Waals surface area contributed by atoms with Gasteiger partial charge in [-0.1, -0.05) is 31.6 Å². The topological polar surface area (TPSA) is 41.3 Å². The van der Waals surface area contributed by atoms with Crippen molar-refractivity contribution in [3.63, 3.8) is 0 Å². The minimum Gasteiger partial charge on any atom is -0.399 e. The summed E-state index contributed by atoms with van der Waals surface area (Å²) in [5.74, 6) is 0. The molecule has 0 amide bonds. The van der Waals surface area contributed by atoms with Gasteiger partial charge in [-0.2, -0.15) is 0 Å². The predicted octanol–water partition coefficient (Wildman–Crippen LogP) is 3.14. The maximum absolute atomic E-state index is 5.85. The number of piperazine rings is 1. The van der Waals surface area contributed by atoms with E-state index in [2.05, 4.69) is 36.2 Å². The Kier molecular flexibility index (Phi) is 4.55. The average molecular weight is 299 g/mol. The zero-order chi connectivity index (χ0) is 15.6. The number of nitrogen functional groups attached to an aromatic ring is 1. The molecule has 0 radical (unpaired) electrons. The fourth-order valence-electron chi connectivity index (χ4n) is 3.74. The smallest absolute Gasteiger partial charge is 0.0314 e. The molecule has 0 unspecified atom stereocenters. The molecular formula is C19H29N3. The lowest BCUT2D eigenvalue weighted by Gasteiger charge is -2.37. The Balaban J connectivity index is 1.87. The molecule has 120 valence electrons. The molecule has 3 heteroatoms. The van der Waals surface area contributed by atoms with Crippen LogP contribution in [0.2, 0.25) is 0 Å². The molecule has 1 aliphatic carbocycles. The van der Waals surface area contributed by atoms with Crippen LogP contribution in [0, 0.1) is 5.41 Å². The Hall–Kier alpha value is -1.32. The first-order valence-electron chi connectivity index (χ1n) is 8.53. The van der Waals surface area contributed by atoms with Crippen LogP contribution in [0.25, 0.3) is 5.57 Å². The standard InChI is InChI=1S/C19H29N3/c1-19(2)8-7-18(15-3-5-17(20)6-4-15)16(13-19)14-22-11-9-21-10-12-22/h3-6,21H,7-14,20H2,1-2H3. The fraction of sp³-hybridized carbons (Fsp3) is 0.579. The van der Waals surface area contributed by atoms with Gasteiger partial charge in [0.1, 0.15) is 0 Å². The Labute approximate surface area is 134 Å². The summed E-state index contributed by atoms with van der Waals surface area (Å²) >= 11 is 0. The highest BCUT2D eigenvalue weighted by Crippen LogP contribution is 2.42. The van der Waals surface area contributed by atoms with E-state index in [1.165, 1.54) is 37.9 Å². The molecule has 1 fully saturated rings. The maximum atomic E-state index is 5.85. The zero-order valence-corrected chi connectivity index (χ0v) is 14.0. The summed E-state index contributed by atoms with van der Waals surface area (Å²) in [5.41, 5.74) is 11.7. The minimum atomic E-state index is 0.431. The van der Waals surface area contributed by atoms with Gasteiger partial charge in [0.15, 0.2) is 0 Å². The molecule has 22 heavy (non-hydrogen) atoms. The predicted molar refractivity (Wildman–Crippen MR) is 94.7 cm³/mol. The van der Waals surface area contributed by atoms with Crippen molar-refractivity contribution in [3.8, 4) is 0 Å². The van der Waals surface area contributed by atoms with Gasteiger partial charge in [-0.3, -0.25) is 4.90 Å². The molecule has 1 aromatic carbocycles. The summed E-state index contributed by atoms with van der Waals surface area (Å²) in [6.07, 6.45) is 3.69. The van der Waals surface area contributed by atoms with Gasteiger partial charge in [-0.15, -0.1) is 0 Å². The molecule has 0 atom stereocenters. The average Bonchev–Trinajstić information content (AvgIpc) is 2.49. The van der Waals surface area contributed by atoms with Crippen molar-refractivity contribution in [3.05, 3.63) is 35.4 Å². The van der Waals surface area contributed by atoms with Crippen molar-refractivity contribution < 1.29 is 0 Å². The van der Waals surface area contributed by atoms with Crippen LogP contribution in [0.1, 0.15) is 38.7 Å². The van der Waals surface area contributed by atoms with Crippen molar-refractivity contribution in [2.75, 3.05) is 38.5 Å². The Morgan fingerprint density at radius 1 is 1.14 bits per heavy atom. The van der Waals surface area contributed by atoms with Gasteiger partial charge in [0.05, 0.1) is 0 Å². The van der Waals surface area contributed by atoms with Gasteiger partial charge in [-0.05, 0) is 47.9 Å². The first kappa shape index (κ1) is 15.6. The first-order valence-corrected chi connectivity index (χ1v) is 8.53. The highest BCUT2D eigenvalue weighted by molar-refractivity contribution is 5.71. The number of benzene rings is 1. The van der Waals surface area contributed by atoms with Crippen LogP contribution >= 0.6 is 0 Å². The number of nitrogens with two attached hydrogens (primary N) is 1. The summed E-state index contributed by atoms with van der Waals surface area (Å²) in [6.45, 7) is 10.5. The summed E-state index contributed by atoms with van der Waals surface area (Å²) in [7, 11) is 0. The molecule has 0 aromatic heterocycles. The molecule has 1 saturated heterocycles. The summed E-state index contributed by atoms with van der Waals surface area (Å²) < 4.78 is 0. The monoisotopic (exact) mass is 299 g/mol. The molecule has 1 heterocycles. The van der Waals surface area contributed by atoms with Gasteiger partial charge in [0.25, 0.3) is 0 Å². The van der Waals surface area contributed by atoms with E-state index in [4.69, 9.17) is 5.73 Å². The van der Waals surface area contributed by atoms with E-state index < -0.39 is 0 Å². The largest absolute Gasteiger partial charge is 0.399 e. The van der Waals surface area contributed by atoms with Crippen LogP contribution in [0.3, 0.4) is 0 Å². The second-order valence-corrected chi connectivity index (χ2v) is 7.57. The summed E-state index contributed by atoms with van der Waals surface area (Å²) in [6, 6.07) is 8.45. The SMILES string of the molecule is CC1(C)CCC(c2ccc(N)cc2)=C(CN2CCNCC2)C1. The lowest BCUT2D eigenvalue weighted by Crippen LogP contribution is -2.44. The maximum Gasteiger partial charge on any atom is 0.0314 e. The molecule has 3 rings (SSSR count). The molecule has 3 nitrogen and oxygen atoms in total. The number of allylic oxidation sites excluding steroid dienone is 1. The molecule has 0 bridgehead atoms. The van der Waals surface area contributed by atoms with E-state index in [0.717, 1.165) is 25.3 Å². The second-order valence-electron chi connectivity index (χ2n) is 7.57. The fourth-order valence-corrected chi connectivity index (χ4v) is 3.74. The third-order valence-electron chi connectivity index (χ3n) is 5.05. The van der Waals surface area contributed by atoms with Crippen LogP contribution in [-0.2, 0) is 0 Å². The van der Waals surface area contributed by atoms with Crippen molar-refractivity contribution >= 4 is 11.3 Å². The number of nitrogens with one attached hydrogen (secondary N) is 1. The Morgan fingerprint density at radius 2 is 1.82 bits per heavy atom. The molecule has 0 spiro atoms.